The van der Waals surface area contributed by atoms with Crippen molar-refractivity contribution < 1.29 is 27.8 Å². The minimum atomic E-state index is -3.20. The normalized spacial score (nSPS) is 16.2. The van der Waals surface area contributed by atoms with Gasteiger partial charge in [-0.3, -0.25) is 4.90 Å². The summed E-state index contributed by atoms with van der Waals surface area (Å²) in [6, 6.07) is 16.1. The van der Waals surface area contributed by atoms with Crippen LogP contribution in [-0.2, 0) is 32.2 Å². The van der Waals surface area contributed by atoms with Crippen LogP contribution in [0.15, 0.2) is 60.2 Å². The average Bonchev–Trinajstić information content (AvgIpc) is 2.77. The van der Waals surface area contributed by atoms with Crippen molar-refractivity contribution in [2.45, 2.75) is 26.0 Å². The summed E-state index contributed by atoms with van der Waals surface area (Å²) in [5.74, 6) is -3.90. The summed E-state index contributed by atoms with van der Waals surface area (Å²) < 4.78 is 46.4. The highest BCUT2D eigenvalue weighted by Crippen LogP contribution is 2.40. The van der Waals surface area contributed by atoms with Gasteiger partial charge in [0.05, 0.1) is 38.5 Å². The van der Waals surface area contributed by atoms with Crippen molar-refractivity contribution in [2.75, 3.05) is 40.0 Å². The number of nitrogens with zero attached hydrogens (tertiary/aromatic N) is 1. The van der Waals surface area contributed by atoms with Gasteiger partial charge >= 0.3 is 5.97 Å². The van der Waals surface area contributed by atoms with Gasteiger partial charge in [0.1, 0.15) is 0 Å². The largest absolute Gasteiger partial charge is 0.463 e. The average molecular weight is 446 g/mol. The Hall–Kier alpha value is -2.61. The topological polar surface area (TPSA) is 48.0 Å². The number of carbonyl (C=O) groups excluding carboxylic acids is 1. The minimum Gasteiger partial charge on any atom is -0.463 e. The number of methoxy groups -OCH3 is 1. The third-order valence-corrected chi connectivity index (χ3v) is 5.19. The number of ether oxygens (including phenoxy) is 3. The van der Waals surface area contributed by atoms with Gasteiger partial charge in [0, 0.05) is 25.8 Å². The molecule has 0 N–H and O–H groups in total. The second-order valence-corrected chi connectivity index (χ2v) is 7.65. The maximum Gasteiger partial charge on any atom is 0.335 e. The molecule has 0 bridgehead atoms. The summed E-state index contributed by atoms with van der Waals surface area (Å²) in [5, 5.41) is 0. The van der Waals surface area contributed by atoms with Crippen molar-refractivity contribution >= 4 is 11.5 Å². The Labute approximate surface area is 187 Å². The van der Waals surface area contributed by atoms with E-state index in [-0.39, 0.29) is 24.3 Å². The van der Waals surface area contributed by atoms with Crippen LogP contribution >= 0.6 is 0 Å². The maximum atomic E-state index is 15.4. The molecule has 0 spiro atoms. The lowest BCUT2D eigenvalue weighted by molar-refractivity contribution is -0.139. The Morgan fingerprint density at radius 1 is 1.03 bits per heavy atom. The van der Waals surface area contributed by atoms with E-state index in [4.69, 9.17) is 14.2 Å². The molecule has 3 rings (SSSR count). The van der Waals surface area contributed by atoms with Crippen molar-refractivity contribution in [3.63, 3.8) is 0 Å². The molecule has 0 unspecified atom stereocenters. The van der Waals surface area contributed by atoms with E-state index in [1.165, 1.54) is 0 Å². The first-order valence-electron chi connectivity index (χ1n) is 10.7. The molecule has 0 fully saturated rings. The summed E-state index contributed by atoms with van der Waals surface area (Å²) >= 11 is 0. The molecule has 0 saturated carbocycles. The predicted octanol–water partition coefficient (Wildman–Crippen LogP) is 4.32. The molecular formula is C25H29F2NO4. The fourth-order valence-electron chi connectivity index (χ4n) is 3.76. The first-order valence-corrected chi connectivity index (χ1v) is 10.7. The molecule has 0 aliphatic carbocycles. The third-order valence-electron chi connectivity index (χ3n) is 5.19. The van der Waals surface area contributed by atoms with Crippen molar-refractivity contribution in [1.29, 1.82) is 0 Å². The van der Waals surface area contributed by atoms with E-state index in [0.29, 0.717) is 31.9 Å². The number of carbonyl (C=O) groups is 1. The number of alkyl halides is 2. The van der Waals surface area contributed by atoms with Gasteiger partial charge in [0.2, 0.25) is 0 Å². The zero-order valence-corrected chi connectivity index (χ0v) is 18.5. The molecule has 2 aromatic rings. The van der Waals surface area contributed by atoms with Crippen LogP contribution in [0.2, 0.25) is 0 Å². The van der Waals surface area contributed by atoms with Crippen molar-refractivity contribution in [1.82, 2.24) is 4.90 Å². The van der Waals surface area contributed by atoms with Crippen LogP contribution in [0, 0.1) is 0 Å². The van der Waals surface area contributed by atoms with Gasteiger partial charge in [0.25, 0.3) is 5.92 Å². The lowest BCUT2D eigenvalue weighted by Gasteiger charge is -2.35. The van der Waals surface area contributed by atoms with Crippen molar-refractivity contribution in [2.24, 2.45) is 0 Å². The molecular weight excluding hydrogens is 416 g/mol. The summed E-state index contributed by atoms with van der Waals surface area (Å²) in [6.07, 6.45) is 0. The molecule has 32 heavy (non-hydrogen) atoms. The molecule has 1 aliphatic heterocycles. The highest BCUT2D eigenvalue weighted by atomic mass is 19.3. The smallest absolute Gasteiger partial charge is 0.335 e. The highest BCUT2D eigenvalue weighted by molar-refractivity contribution is 6.00. The standard InChI is InChI=1S/C25H29F2NO4/c1-3-32-24(29)22-16-28(15-19-7-5-4-6-8-19)18-25(26,27)23(22)21-11-9-20(10-12-21)17-31-14-13-30-2/h4-12H,3,13-18H2,1-2H3. The molecule has 0 radical (unpaired) electrons. The Morgan fingerprint density at radius 3 is 2.41 bits per heavy atom. The molecule has 0 saturated heterocycles. The van der Waals surface area contributed by atoms with E-state index in [1.807, 2.05) is 30.3 Å². The Morgan fingerprint density at radius 2 is 1.75 bits per heavy atom. The van der Waals surface area contributed by atoms with Crippen LogP contribution in [-0.4, -0.2) is 56.8 Å². The van der Waals surface area contributed by atoms with Crippen LogP contribution in [0.1, 0.15) is 23.6 Å². The predicted molar refractivity (Wildman–Crippen MR) is 118 cm³/mol. The Kier molecular flexibility index (Phi) is 8.50. The van der Waals surface area contributed by atoms with Gasteiger partial charge in [-0.05, 0) is 23.6 Å². The SMILES string of the molecule is CCOC(=O)C1=C(c2ccc(COCCOC)cc2)C(F)(F)CN(Cc2ccccc2)C1. The van der Waals surface area contributed by atoms with Crippen LogP contribution in [0.5, 0.6) is 0 Å². The molecule has 2 aromatic carbocycles. The van der Waals surface area contributed by atoms with Gasteiger partial charge in [0.15, 0.2) is 0 Å². The Bertz CT molecular complexity index is 913. The quantitative estimate of drug-likeness (QED) is 0.403. The molecule has 0 atom stereocenters. The van der Waals surface area contributed by atoms with Crippen LogP contribution in [0.4, 0.5) is 8.78 Å². The Balaban J connectivity index is 1.87. The fourth-order valence-corrected chi connectivity index (χ4v) is 3.76. The van der Waals surface area contributed by atoms with Gasteiger partial charge in [-0.15, -0.1) is 0 Å². The zero-order chi connectivity index (χ0) is 23.0. The monoisotopic (exact) mass is 445 g/mol. The summed E-state index contributed by atoms with van der Waals surface area (Å²) in [7, 11) is 1.60. The summed E-state index contributed by atoms with van der Waals surface area (Å²) in [6.45, 7) is 3.03. The van der Waals surface area contributed by atoms with E-state index >= 15 is 8.78 Å². The van der Waals surface area contributed by atoms with E-state index in [2.05, 4.69) is 0 Å². The van der Waals surface area contributed by atoms with E-state index in [0.717, 1.165) is 11.1 Å². The van der Waals surface area contributed by atoms with Crippen LogP contribution in [0.25, 0.3) is 5.57 Å². The number of benzene rings is 2. The second kappa shape index (κ2) is 11.3. The van der Waals surface area contributed by atoms with Crippen molar-refractivity contribution in [3.8, 4) is 0 Å². The highest BCUT2D eigenvalue weighted by Gasteiger charge is 2.45. The molecule has 7 heteroatoms. The number of rotatable bonds is 10. The molecule has 0 aromatic heterocycles. The van der Waals surface area contributed by atoms with Gasteiger partial charge in [-0.1, -0.05) is 54.6 Å². The van der Waals surface area contributed by atoms with Crippen molar-refractivity contribution in [3.05, 3.63) is 76.9 Å². The third kappa shape index (κ3) is 6.22. The summed E-state index contributed by atoms with van der Waals surface area (Å²) in [4.78, 5) is 14.3. The lowest BCUT2D eigenvalue weighted by Crippen LogP contribution is -2.45. The second-order valence-electron chi connectivity index (χ2n) is 7.65. The fraction of sp³-hybridized carbons (Fsp3) is 0.400. The van der Waals surface area contributed by atoms with Gasteiger partial charge in [-0.25, -0.2) is 4.79 Å². The van der Waals surface area contributed by atoms with E-state index in [9.17, 15) is 4.79 Å². The maximum absolute atomic E-state index is 15.4. The van der Waals surface area contributed by atoms with Crippen LogP contribution in [0.3, 0.4) is 0 Å². The number of halogens is 2. The van der Waals surface area contributed by atoms with Gasteiger partial charge in [-0.2, -0.15) is 8.78 Å². The van der Waals surface area contributed by atoms with E-state index < -0.39 is 18.4 Å². The first-order chi connectivity index (χ1) is 15.4. The zero-order valence-electron chi connectivity index (χ0n) is 18.5. The molecule has 5 nitrogen and oxygen atoms in total. The van der Waals surface area contributed by atoms with E-state index in [1.54, 1.807) is 43.2 Å². The molecule has 172 valence electrons. The summed E-state index contributed by atoms with van der Waals surface area (Å²) in [5.41, 5.74) is 1.83. The number of hydrogen-bond donors (Lipinski definition) is 0. The molecule has 1 heterocycles. The molecule has 1 aliphatic rings. The van der Waals surface area contributed by atoms with Crippen LogP contribution < -0.4 is 0 Å². The lowest BCUT2D eigenvalue weighted by atomic mass is 9.89. The number of esters is 1. The molecule has 0 amide bonds. The van der Waals surface area contributed by atoms with Gasteiger partial charge < -0.3 is 14.2 Å². The minimum absolute atomic E-state index is 0.00289. The first kappa shape index (κ1) is 24.0. The number of hydrogen-bond acceptors (Lipinski definition) is 5.